The fraction of sp³-hybridized carbons (Fsp3) is 0.455. The van der Waals surface area contributed by atoms with Crippen LogP contribution in [0.25, 0.3) is 11.1 Å². The van der Waals surface area contributed by atoms with Gasteiger partial charge in [0.2, 0.25) is 0 Å². The normalized spacial score (nSPS) is 17.0. The summed E-state index contributed by atoms with van der Waals surface area (Å²) in [6.45, 7) is 4.90. The summed E-state index contributed by atoms with van der Waals surface area (Å²) in [6, 6.07) is 10.1. The predicted molar refractivity (Wildman–Crippen MR) is 108 cm³/mol. The Morgan fingerprint density at radius 2 is 2.04 bits per heavy atom. The van der Waals surface area contributed by atoms with Gasteiger partial charge in [-0.1, -0.05) is 24.6 Å². The lowest BCUT2D eigenvalue weighted by Gasteiger charge is -2.26. The Labute approximate surface area is 165 Å². The number of anilines is 1. The molecule has 0 unspecified atom stereocenters. The number of piperidine rings is 1. The van der Waals surface area contributed by atoms with Crippen molar-refractivity contribution in [3.05, 3.63) is 41.1 Å². The molecular weight excluding hydrogens is 352 g/mol. The van der Waals surface area contributed by atoms with E-state index < -0.39 is 0 Å². The number of para-hydroxylation sites is 1. The molecule has 4 rings (SSSR count). The van der Waals surface area contributed by atoms with Gasteiger partial charge in [0, 0.05) is 29.7 Å². The highest BCUT2D eigenvalue weighted by molar-refractivity contribution is 5.82. The summed E-state index contributed by atoms with van der Waals surface area (Å²) >= 11 is 0. The fourth-order valence-electron chi connectivity index (χ4n) is 4.07. The number of nitriles is 1. The van der Waals surface area contributed by atoms with E-state index in [1.807, 2.05) is 24.3 Å². The Hall–Kier alpha value is -2.62. The van der Waals surface area contributed by atoms with Gasteiger partial charge < -0.3 is 15.2 Å². The highest BCUT2D eigenvalue weighted by Crippen LogP contribution is 2.39. The first-order valence-electron chi connectivity index (χ1n) is 10.0. The van der Waals surface area contributed by atoms with E-state index in [4.69, 9.17) is 15.2 Å². The van der Waals surface area contributed by atoms with E-state index in [-0.39, 0.29) is 5.82 Å². The monoisotopic (exact) mass is 378 g/mol. The molecule has 0 radical (unpaired) electrons. The third-order valence-electron chi connectivity index (χ3n) is 5.52. The number of nitrogens with two attached hydrogens (primary N) is 1. The van der Waals surface area contributed by atoms with Crippen molar-refractivity contribution in [2.75, 3.05) is 38.6 Å². The van der Waals surface area contributed by atoms with Crippen LogP contribution in [0.1, 0.15) is 36.1 Å². The Balaban J connectivity index is 1.65. The lowest BCUT2D eigenvalue weighted by atomic mass is 9.92. The van der Waals surface area contributed by atoms with E-state index in [0.29, 0.717) is 31.8 Å². The van der Waals surface area contributed by atoms with Crippen molar-refractivity contribution in [3.63, 3.8) is 0 Å². The van der Waals surface area contributed by atoms with Crippen molar-refractivity contribution < 1.29 is 9.47 Å². The molecule has 0 bridgehead atoms. The van der Waals surface area contributed by atoms with E-state index in [2.05, 4.69) is 16.0 Å². The number of rotatable bonds is 5. The van der Waals surface area contributed by atoms with E-state index >= 15 is 0 Å². The van der Waals surface area contributed by atoms with Crippen LogP contribution in [-0.4, -0.2) is 42.7 Å². The molecule has 0 amide bonds. The molecule has 0 atom stereocenters. The lowest BCUT2D eigenvalue weighted by Crippen LogP contribution is -2.33. The van der Waals surface area contributed by atoms with E-state index in [1.165, 1.54) is 19.3 Å². The zero-order valence-electron chi connectivity index (χ0n) is 16.1. The molecule has 0 spiro atoms. The molecule has 1 saturated heterocycles. The Bertz CT molecular complexity index is 885. The van der Waals surface area contributed by atoms with Gasteiger partial charge in [0.25, 0.3) is 0 Å². The van der Waals surface area contributed by atoms with Gasteiger partial charge in [-0.2, -0.15) is 5.26 Å². The van der Waals surface area contributed by atoms with Gasteiger partial charge in [-0.05, 0) is 32.0 Å². The number of hydrogen-bond acceptors (Lipinski definition) is 6. The van der Waals surface area contributed by atoms with Crippen molar-refractivity contribution in [1.29, 1.82) is 5.26 Å². The zero-order valence-corrected chi connectivity index (χ0v) is 16.1. The average molecular weight is 378 g/mol. The van der Waals surface area contributed by atoms with Crippen molar-refractivity contribution >= 4 is 5.82 Å². The maximum atomic E-state index is 9.74. The van der Waals surface area contributed by atoms with Gasteiger partial charge in [0.15, 0.2) is 0 Å². The van der Waals surface area contributed by atoms with E-state index in [0.717, 1.165) is 47.8 Å². The molecule has 6 nitrogen and oxygen atoms in total. The molecule has 2 aliphatic rings. The number of likely N-dealkylation sites (tertiary alicyclic amines) is 1. The molecular formula is C22H26N4O2. The average Bonchev–Trinajstić information content (AvgIpc) is 2.74. The number of aromatic nitrogens is 1. The Morgan fingerprint density at radius 1 is 1.21 bits per heavy atom. The molecule has 1 fully saturated rings. The molecule has 0 aliphatic carbocycles. The zero-order chi connectivity index (χ0) is 19.3. The van der Waals surface area contributed by atoms with Crippen LogP contribution in [0, 0.1) is 11.3 Å². The highest BCUT2D eigenvalue weighted by atomic mass is 16.5. The van der Waals surface area contributed by atoms with Crippen LogP contribution in [0.3, 0.4) is 0 Å². The Kier molecular flexibility index (Phi) is 5.75. The van der Waals surface area contributed by atoms with E-state index in [9.17, 15) is 5.26 Å². The SMILES string of the molecule is N#Cc1c(N)nc2c(c1-c1ccccc1OCCN1CCCCC1)COCC2. The van der Waals surface area contributed by atoms with Gasteiger partial charge in [-0.3, -0.25) is 4.90 Å². The molecule has 3 heterocycles. The molecule has 2 aliphatic heterocycles. The number of benzene rings is 1. The van der Waals surface area contributed by atoms with Crippen molar-refractivity contribution in [2.45, 2.75) is 32.3 Å². The topological polar surface area (TPSA) is 84.4 Å². The summed E-state index contributed by atoms with van der Waals surface area (Å²) in [5.74, 6) is 1.05. The van der Waals surface area contributed by atoms with Crippen LogP contribution in [-0.2, 0) is 17.8 Å². The summed E-state index contributed by atoms with van der Waals surface area (Å²) in [4.78, 5) is 6.90. The molecule has 2 aromatic rings. The van der Waals surface area contributed by atoms with E-state index in [1.54, 1.807) is 0 Å². The van der Waals surface area contributed by atoms with Gasteiger partial charge in [-0.25, -0.2) is 4.98 Å². The largest absolute Gasteiger partial charge is 0.492 e. The minimum absolute atomic E-state index is 0.279. The van der Waals surface area contributed by atoms with Gasteiger partial charge in [0.05, 0.1) is 18.9 Å². The van der Waals surface area contributed by atoms with Crippen molar-refractivity contribution in [2.24, 2.45) is 0 Å². The van der Waals surface area contributed by atoms with Gasteiger partial charge in [0.1, 0.15) is 29.8 Å². The maximum absolute atomic E-state index is 9.74. The molecule has 2 N–H and O–H groups in total. The Morgan fingerprint density at radius 3 is 2.86 bits per heavy atom. The van der Waals surface area contributed by atoms with Crippen LogP contribution in [0.4, 0.5) is 5.82 Å². The summed E-state index contributed by atoms with van der Waals surface area (Å²) in [5, 5.41) is 9.74. The number of fused-ring (bicyclic) bond motifs is 1. The minimum atomic E-state index is 0.279. The number of pyridine rings is 1. The lowest BCUT2D eigenvalue weighted by molar-refractivity contribution is 0.109. The van der Waals surface area contributed by atoms with Crippen LogP contribution in [0.5, 0.6) is 5.75 Å². The first-order valence-corrected chi connectivity index (χ1v) is 10.0. The van der Waals surface area contributed by atoms with Crippen molar-refractivity contribution in [3.8, 4) is 22.9 Å². The molecule has 6 heteroatoms. The summed E-state index contributed by atoms with van der Waals surface area (Å²) in [5.41, 5.74) is 10.1. The second-order valence-corrected chi connectivity index (χ2v) is 7.33. The number of hydrogen-bond donors (Lipinski definition) is 1. The van der Waals surface area contributed by atoms with Crippen LogP contribution in [0.15, 0.2) is 24.3 Å². The van der Waals surface area contributed by atoms with Gasteiger partial charge in [-0.15, -0.1) is 0 Å². The predicted octanol–water partition coefficient (Wildman–Crippen LogP) is 3.14. The second kappa shape index (κ2) is 8.59. The number of nitrogen functional groups attached to an aromatic ring is 1. The summed E-state index contributed by atoms with van der Waals surface area (Å²) in [6.07, 6.45) is 4.57. The first kappa shape index (κ1) is 18.7. The highest BCUT2D eigenvalue weighted by Gasteiger charge is 2.24. The standard InChI is InChI=1S/C22H26N4O2/c23-14-17-21(18-15-27-12-8-19(18)25-22(17)24)16-6-2-3-7-20(16)28-13-11-26-9-4-1-5-10-26/h2-3,6-7H,1,4-5,8-13,15H2,(H2,24,25). The molecule has 1 aromatic heterocycles. The summed E-state index contributed by atoms with van der Waals surface area (Å²) in [7, 11) is 0. The smallest absolute Gasteiger partial charge is 0.142 e. The second-order valence-electron chi connectivity index (χ2n) is 7.33. The molecule has 28 heavy (non-hydrogen) atoms. The van der Waals surface area contributed by atoms with Gasteiger partial charge >= 0.3 is 0 Å². The van der Waals surface area contributed by atoms with Crippen LogP contribution < -0.4 is 10.5 Å². The van der Waals surface area contributed by atoms with Crippen LogP contribution in [0.2, 0.25) is 0 Å². The molecule has 1 aromatic carbocycles. The summed E-state index contributed by atoms with van der Waals surface area (Å²) < 4.78 is 11.8. The minimum Gasteiger partial charge on any atom is -0.492 e. The maximum Gasteiger partial charge on any atom is 0.142 e. The van der Waals surface area contributed by atoms with Crippen molar-refractivity contribution in [1.82, 2.24) is 9.88 Å². The quantitative estimate of drug-likeness (QED) is 0.860. The third kappa shape index (κ3) is 3.82. The first-order chi connectivity index (χ1) is 13.8. The number of nitrogens with zero attached hydrogens (tertiary/aromatic N) is 3. The fourth-order valence-corrected chi connectivity index (χ4v) is 4.07. The molecule has 0 saturated carbocycles. The van der Waals surface area contributed by atoms with Crippen LogP contribution >= 0.6 is 0 Å². The molecule has 146 valence electrons. The third-order valence-corrected chi connectivity index (χ3v) is 5.52. The number of ether oxygens (including phenoxy) is 2.